The topological polar surface area (TPSA) is 115 Å². The van der Waals surface area contributed by atoms with Crippen LogP contribution < -0.4 is 11.5 Å². The second-order valence-electron chi connectivity index (χ2n) is 10.2. The molecule has 2 heterocycles. The lowest BCUT2D eigenvalue weighted by molar-refractivity contribution is -0.00286. The zero-order valence-corrected chi connectivity index (χ0v) is 21.8. The molecule has 5 rings (SSSR count). The van der Waals surface area contributed by atoms with Crippen LogP contribution in [0.25, 0.3) is 11.1 Å². The van der Waals surface area contributed by atoms with Gasteiger partial charge in [0.1, 0.15) is 5.82 Å². The fourth-order valence-corrected chi connectivity index (χ4v) is 4.73. The Hall–Kier alpha value is -3.26. The molecule has 0 radical (unpaired) electrons. The zero-order chi connectivity index (χ0) is 26.4. The number of hydrogen-bond donors (Lipinski definition) is 3. The summed E-state index contributed by atoms with van der Waals surface area (Å²) in [6.07, 6.45) is 7.16. The monoisotopic (exact) mass is 502 g/mol. The Morgan fingerprint density at radius 3 is 2.30 bits per heavy atom. The Morgan fingerprint density at radius 1 is 1.00 bits per heavy atom. The van der Waals surface area contributed by atoms with Crippen LogP contribution in [0.1, 0.15) is 58.3 Å². The minimum absolute atomic E-state index is 0.143. The van der Waals surface area contributed by atoms with E-state index < -0.39 is 5.91 Å². The van der Waals surface area contributed by atoms with Gasteiger partial charge in [-0.2, -0.15) is 0 Å². The first kappa shape index (κ1) is 26.8. The van der Waals surface area contributed by atoms with Crippen molar-refractivity contribution in [1.29, 1.82) is 0 Å². The van der Waals surface area contributed by atoms with Gasteiger partial charge in [-0.1, -0.05) is 55.3 Å². The van der Waals surface area contributed by atoms with Crippen LogP contribution in [-0.2, 0) is 17.9 Å². The maximum Gasteiger partial charge on any atom is 0.252 e. The summed E-state index contributed by atoms with van der Waals surface area (Å²) >= 11 is 0. The summed E-state index contributed by atoms with van der Waals surface area (Å²) in [6.45, 7) is 7.37. The Kier molecular flexibility index (Phi) is 8.92. The van der Waals surface area contributed by atoms with Gasteiger partial charge in [0.05, 0.1) is 24.4 Å². The van der Waals surface area contributed by atoms with E-state index in [4.69, 9.17) is 16.2 Å². The number of β-amino-alcohol motifs (C(OH)–C–C–N with tert-alkyl or cyclic N) is 1. The second kappa shape index (κ2) is 12.3. The Balaban J connectivity index is 0.000000186. The Morgan fingerprint density at radius 2 is 1.68 bits per heavy atom. The Labute approximate surface area is 219 Å². The van der Waals surface area contributed by atoms with E-state index in [1.165, 1.54) is 47.9 Å². The molecule has 1 aromatic heterocycles. The predicted octanol–water partition coefficient (Wildman–Crippen LogP) is 4.37. The number of benzene rings is 2. The van der Waals surface area contributed by atoms with Crippen LogP contribution in [0.2, 0.25) is 0 Å². The molecule has 7 heteroatoms. The molecule has 0 spiro atoms. The highest BCUT2D eigenvalue weighted by atomic mass is 16.5. The number of rotatable bonds is 7. The number of anilines is 1. The van der Waals surface area contributed by atoms with Gasteiger partial charge in [-0.3, -0.25) is 9.69 Å². The molecule has 5 N–H and O–H groups in total. The van der Waals surface area contributed by atoms with Crippen molar-refractivity contribution in [3.63, 3.8) is 0 Å². The van der Waals surface area contributed by atoms with Crippen molar-refractivity contribution in [2.75, 3.05) is 18.8 Å². The van der Waals surface area contributed by atoms with Crippen LogP contribution in [-0.4, -0.2) is 46.2 Å². The number of carbonyl (C=O) groups excluding carboxylic acids is 1. The van der Waals surface area contributed by atoms with Crippen LogP contribution in [0.3, 0.4) is 0 Å². The summed E-state index contributed by atoms with van der Waals surface area (Å²) in [5.41, 5.74) is 18.1. The summed E-state index contributed by atoms with van der Waals surface area (Å²) in [5.74, 6) is -0.441. The number of aliphatic hydroxyl groups excluding tert-OH is 1. The molecule has 7 nitrogen and oxygen atoms in total. The maximum absolute atomic E-state index is 11.3. The van der Waals surface area contributed by atoms with Crippen LogP contribution in [0.4, 0.5) is 5.82 Å². The van der Waals surface area contributed by atoms with E-state index in [1.807, 2.05) is 24.3 Å². The van der Waals surface area contributed by atoms with E-state index in [1.54, 1.807) is 12.3 Å². The number of likely N-dealkylation sites (tertiary alicyclic amines) is 1. The van der Waals surface area contributed by atoms with E-state index >= 15 is 0 Å². The number of aliphatic hydroxyl groups is 1. The van der Waals surface area contributed by atoms with Gasteiger partial charge in [0.25, 0.3) is 5.91 Å². The summed E-state index contributed by atoms with van der Waals surface area (Å²) in [7, 11) is 0. The smallest absolute Gasteiger partial charge is 0.252 e. The molecule has 1 saturated heterocycles. The number of aryl methyl sites for hydroxylation is 2. The zero-order valence-electron chi connectivity index (χ0n) is 21.8. The van der Waals surface area contributed by atoms with E-state index in [-0.39, 0.29) is 17.5 Å². The summed E-state index contributed by atoms with van der Waals surface area (Å²) < 4.78 is 5.88. The number of nitrogens with two attached hydrogens (primary N) is 2. The number of nitrogens with zero attached hydrogens (tertiary/aromatic N) is 2. The fourth-order valence-electron chi connectivity index (χ4n) is 4.73. The molecule has 2 fully saturated rings. The minimum Gasteiger partial charge on any atom is -0.390 e. The highest BCUT2D eigenvalue weighted by Gasteiger charge is 2.23. The average molecular weight is 503 g/mol. The van der Waals surface area contributed by atoms with Crippen LogP contribution in [0.5, 0.6) is 0 Å². The lowest BCUT2D eigenvalue weighted by atomic mass is 10.0. The molecule has 0 unspecified atom stereocenters. The maximum atomic E-state index is 11.3. The van der Waals surface area contributed by atoms with Gasteiger partial charge in [0.2, 0.25) is 0 Å². The lowest BCUT2D eigenvalue weighted by Gasteiger charge is -2.35. The third-order valence-corrected chi connectivity index (χ3v) is 7.17. The normalized spacial score (nSPS) is 16.2. The largest absolute Gasteiger partial charge is 0.390 e. The van der Waals surface area contributed by atoms with E-state index in [0.29, 0.717) is 6.10 Å². The van der Waals surface area contributed by atoms with Crippen molar-refractivity contribution in [3.8, 4) is 11.1 Å². The van der Waals surface area contributed by atoms with Gasteiger partial charge in [0, 0.05) is 31.4 Å². The molecule has 2 aromatic carbocycles. The van der Waals surface area contributed by atoms with E-state index in [2.05, 4.69) is 41.9 Å². The van der Waals surface area contributed by atoms with Crippen molar-refractivity contribution in [2.45, 2.75) is 64.9 Å². The number of amides is 1. The van der Waals surface area contributed by atoms with Gasteiger partial charge in [-0.15, -0.1) is 0 Å². The van der Waals surface area contributed by atoms with Crippen molar-refractivity contribution >= 4 is 11.7 Å². The Bertz CT molecular complexity index is 1200. The standard InChI is InChI=1S/C16H18N4O2.C14H20O/c17-15-14(16(18)22)5-12(6-19-15)11-3-1-10(2-4-11)7-20-8-13(21)9-20;1-11-7-8-13(9-12(11)2)10-15-14-5-3-4-6-14/h1-6,13,21H,7-9H2,(H2,17,19)(H2,18,22);7-9,14H,3-6,10H2,1-2H3. The SMILES string of the molecule is Cc1ccc(COC2CCCC2)cc1C.NC(=O)c1cc(-c2ccc(CN3CC(O)C3)cc2)cnc1N. The molecule has 37 heavy (non-hydrogen) atoms. The highest BCUT2D eigenvalue weighted by Crippen LogP contribution is 2.24. The number of aromatic nitrogens is 1. The lowest BCUT2D eigenvalue weighted by Crippen LogP contribution is -2.49. The first-order valence-electron chi connectivity index (χ1n) is 13.0. The molecular weight excluding hydrogens is 464 g/mol. The molecule has 1 aliphatic carbocycles. The van der Waals surface area contributed by atoms with Crippen LogP contribution in [0.15, 0.2) is 54.7 Å². The number of pyridine rings is 1. The first-order chi connectivity index (χ1) is 17.8. The molecule has 1 saturated carbocycles. The molecule has 1 aliphatic heterocycles. The molecule has 0 atom stereocenters. The van der Waals surface area contributed by atoms with Crippen molar-refractivity contribution in [1.82, 2.24) is 9.88 Å². The van der Waals surface area contributed by atoms with Crippen molar-refractivity contribution in [2.24, 2.45) is 5.73 Å². The van der Waals surface area contributed by atoms with E-state index in [9.17, 15) is 9.90 Å². The average Bonchev–Trinajstić information content (AvgIpc) is 3.39. The van der Waals surface area contributed by atoms with Gasteiger partial charge in [-0.05, 0) is 60.6 Å². The number of nitrogen functional groups attached to an aromatic ring is 1. The molecule has 3 aromatic rings. The number of carbonyl (C=O) groups is 1. The van der Waals surface area contributed by atoms with Gasteiger partial charge < -0.3 is 21.3 Å². The number of primary amides is 1. The van der Waals surface area contributed by atoms with Crippen molar-refractivity contribution < 1.29 is 14.6 Å². The van der Waals surface area contributed by atoms with E-state index in [0.717, 1.165) is 37.4 Å². The number of hydrogen-bond acceptors (Lipinski definition) is 6. The third kappa shape index (κ3) is 7.38. The molecular formula is C30H38N4O3. The fraction of sp³-hybridized carbons (Fsp3) is 0.400. The quantitative estimate of drug-likeness (QED) is 0.442. The van der Waals surface area contributed by atoms with Gasteiger partial charge in [-0.25, -0.2) is 4.98 Å². The summed E-state index contributed by atoms with van der Waals surface area (Å²) in [5, 5.41) is 9.29. The molecule has 2 aliphatic rings. The van der Waals surface area contributed by atoms with Crippen LogP contribution in [0, 0.1) is 13.8 Å². The molecule has 1 amide bonds. The van der Waals surface area contributed by atoms with Crippen LogP contribution >= 0.6 is 0 Å². The van der Waals surface area contributed by atoms with Crippen molar-refractivity contribution in [3.05, 3.63) is 82.5 Å². The third-order valence-electron chi connectivity index (χ3n) is 7.17. The predicted molar refractivity (Wildman–Crippen MR) is 147 cm³/mol. The summed E-state index contributed by atoms with van der Waals surface area (Å²) in [6, 6.07) is 16.3. The molecule has 196 valence electrons. The summed E-state index contributed by atoms with van der Waals surface area (Å²) in [4.78, 5) is 17.5. The minimum atomic E-state index is -0.584. The second-order valence-corrected chi connectivity index (χ2v) is 10.2. The van der Waals surface area contributed by atoms with Gasteiger partial charge >= 0.3 is 0 Å². The van der Waals surface area contributed by atoms with Gasteiger partial charge in [0.15, 0.2) is 0 Å². The molecule has 0 bridgehead atoms. The first-order valence-corrected chi connectivity index (χ1v) is 13.0. The number of ether oxygens (including phenoxy) is 1. The highest BCUT2D eigenvalue weighted by molar-refractivity contribution is 5.98.